The van der Waals surface area contributed by atoms with Gasteiger partial charge in [0, 0.05) is 31.1 Å². The second-order valence-electron chi connectivity index (χ2n) is 3.65. The number of ether oxygens (including phenoxy) is 1. The van der Waals surface area contributed by atoms with Crippen molar-refractivity contribution in [3.8, 4) is 5.75 Å². The minimum absolute atomic E-state index is 0.326. The van der Waals surface area contributed by atoms with Gasteiger partial charge in [-0.3, -0.25) is 4.79 Å². The quantitative estimate of drug-likeness (QED) is 0.719. The van der Waals surface area contributed by atoms with E-state index >= 15 is 0 Å². The van der Waals surface area contributed by atoms with Crippen molar-refractivity contribution in [3.63, 3.8) is 0 Å². The summed E-state index contributed by atoms with van der Waals surface area (Å²) in [4.78, 5) is 11.1. The van der Waals surface area contributed by atoms with Crippen molar-refractivity contribution in [2.45, 2.75) is 26.2 Å². The fourth-order valence-electron chi connectivity index (χ4n) is 1.43. The van der Waals surface area contributed by atoms with E-state index in [1.807, 2.05) is 31.2 Å². The lowest BCUT2D eigenvalue weighted by Crippen LogP contribution is -2.04. The average molecular weight is 221 g/mol. The van der Waals surface area contributed by atoms with Gasteiger partial charge in [0.2, 0.25) is 0 Å². The van der Waals surface area contributed by atoms with Gasteiger partial charge in [-0.1, -0.05) is 13.0 Å². The number of hydrogen-bond donors (Lipinski definition) is 1. The molecule has 1 aromatic carbocycles. The highest BCUT2D eigenvalue weighted by atomic mass is 16.5. The molecule has 88 valence electrons. The maximum atomic E-state index is 11.1. The molecule has 3 heteroatoms. The van der Waals surface area contributed by atoms with E-state index in [0.717, 1.165) is 24.4 Å². The largest absolute Gasteiger partial charge is 0.497 e. The summed E-state index contributed by atoms with van der Waals surface area (Å²) < 4.78 is 5.12. The molecule has 0 saturated carbocycles. The van der Waals surface area contributed by atoms with E-state index in [9.17, 15) is 4.79 Å². The number of ketones is 1. The van der Waals surface area contributed by atoms with Crippen molar-refractivity contribution in [2.24, 2.45) is 0 Å². The first-order valence-electron chi connectivity index (χ1n) is 5.66. The summed E-state index contributed by atoms with van der Waals surface area (Å²) in [5.41, 5.74) is 1.03. The molecular weight excluding hydrogens is 202 g/mol. The second kappa shape index (κ2) is 6.88. The van der Waals surface area contributed by atoms with Gasteiger partial charge in [-0.2, -0.15) is 0 Å². The standard InChI is InChI=1S/C13H19NO2/c1-3-12(15)7-5-9-14-11-6-4-8-13(10-11)16-2/h4,6,8,10,14H,3,5,7,9H2,1-2H3. The normalized spacial score (nSPS) is 9.88. The summed E-state index contributed by atoms with van der Waals surface area (Å²) >= 11 is 0. The van der Waals surface area contributed by atoms with E-state index in [0.29, 0.717) is 18.6 Å². The number of methoxy groups -OCH3 is 1. The van der Waals surface area contributed by atoms with Crippen LogP contribution in [0.1, 0.15) is 26.2 Å². The van der Waals surface area contributed by atoms with Gasteiger partial charge in [-0.25, -0.2) is 0 Å². The number of benzene rings is 1. The maximum absolute atomic E-state index is 11.1. The molecule has 0 aliphatic rings. The van der Waals surface area contributed by atoms with E-state index < -0.39 is 0 Å². The zero-order valence-corrected chi connectivity index (χ0v) is 9.95. The molecule has 0 aromatic heterocycles. The third-order valence-electron chi connectivity index (χ3n) is 2.43. The fourth-order valence-corrected chi connectivity index (χ4v) is 1.43. The Balaban J connectivity index is 2.28. The van der Waals surface area contributed by atoms with Crippen LogP contribution in [0, 0.1) is 0 Å². The van der Waals surface area contributed by atoms with Crippen molar-refractivity contribution in [3.05, 3.63) is 24.3 Å². The number of hydrogen-bond acceptors (Lipinski definition) is 3. The molecule has 0 saturated heterocycles. The molecule has 0 spiro atoms. The first kappa shape index (κ1) is 12.6. The summed E-state index contributed by atoms with van der Waals surface area (Å²) in [6, 6.07) is 7.79. The van der Waals surface area contributed by atoms with Gasteiger partial charge < -0.3 is 10.1 Å². The van der Waals surface area contributed by atoms with Crippen molar-refractivity contribution in [1.29, 1.82) is 0 Å². The summed E-state index contributed by atoms with van der Waals surface area (Å²) in [7, 11) is 1.65. The number of nitrogens with one attached hydrogen (secondary N) is 1. The van der Waals surface area contributed by atoms with Crippen LogP contribution in [0.3, 0.4) is 0 Å². The summed E-state index contributed by atoms with van der Waals surface area (Å²) in [6.45, 7) is 2.72. The minimum atomic E-state index is 0.326. The smallest absolute Gasteiger partial charge is 0.132 e. The van der Waals surface area contributed by atoms with E-state index in [-0.39, 0.29) is 0 Å². The van der Waals surface area contributed by atoms with Crippen molar-refractivity contribution in [1.82, 2.24) is 0 Å². The highest BCUT2D eigenvalue weighted by Gasteiger charge is 1.98. The van der Waals surface area contributed by atoms with Crippen LogP contribution in [-0.2, 0) is 4.79 Å². The van der Waals surface area contributed by atoms with Crippen molar-refractivity contribution >= 4 is 11.5 Å². The molecule has 0 bridgehead atoms. The SMILES string of the molecule is CCC(=O)CCCNc1cccc(OC)c1. The van der Waals surface area contributed by atoms with Crippen LogP contribution in [0.15, 0.2) is 24.3 Å². The molecule has 0 amide bonds. The first-order chi connectivity index (χ1) is 7.76. The second-order valence-corrected chi connectivity index (χ2v) is 3.65. The number of Topliss-reactive ketones (excluding diaryl/α,β-unsaturated/α-hetero) is 1. The highest BCUT2D eigenvalue weighted by molar-refractivity contribution is 5.77. The first-order valence-corrected chi connectivity index (χ1v) is 5.66. The number of rotatable bonds is 7. The van der Waals surface area contributed by atoms with Crippen LogP contribution in [0.2, 0.25) is 0 Å². The molecule has 0 atom stereocenters. The van der Waals surface area contributed by atoms with E-state index in [1.165, 1.54) is 0 Å². The summed E-state index contributed by atoms with van der Waals surface area (Å²) in [5.74, 6) is 1.17. The minimum Gasteiger partial charge on any atom is -0.497 e. The molecule has 1 rings (SSSR count). The van der Waals surface area contributed by atoms with Crippen LogP contribution < -0.4 is 10.1 Å². The Morgan fingerprint density at radius 1 is 1.44 bits per heavy atom. The molecule has 1 N–H and O–H groups in total. The summed E-state index contributed by atoms with van der Waals surface area (Å²) in [5, 5.41) is 3.27. The van der Waals surface area contributed by atoms with Crippen LogP contribution in [-0.4, -0.2) is 19.4 Å². The fraction of sp³-hybridized carbons (Fsp3) is 0.462. The van der Waals surface area contributed by atoms with Crippen LogP contribution in [0.25, 0.3) is 0 Å². The zero-order chi connectivity index (χ0) is 11.8. The predicted octanol–water partition coefficient (Wildman–Crippen LogP) is 2.87. The Bertz CT molecular complexity index is 336. The van der Waals surface area contributed by atoms with Gasteiger partial charge in [-0.15, -0.1) is 0 Å². The Kier molecular flexibility index (Phi) is 5.40. The molecule has 3 nitrogen and oxygen atoms in total. The van der Waals surface area contributed by atoms with Gasteiger partial charge >= 0.3 is 0 Å². The maximum Gasteiger partial charge on any atom is 0.132 e. The molecule has 0 aliphatic carbocycles. The molecule has 0 fully saturated rings. The predicted molar refractivity (Wildman–Crippen MR) is 66.0 cm³/mol. The van der Waals surface area contributed by atoms with Crippen molar-refractivity contribution < 1.29 is 9.53 Å². The van der Waals surface area contributed by atoms with Gasteiger partial charge in [0.25, 0.3) is 0 Å². The monoisotopic (exact) mass is 221 g/mol. The average Bonchev–Trinajstić information content (AvgIpc) is 2.34. The third kappa shape index (κ3) is 4.34. The topological polar surface area (TPSA) is 38.3 Å². The Morgan fingerprint density at radius 2 is 2.25 bits per heavy atom. The van der Waals surface area contributed by atoms with Gasteiger partial charge in [0.15, 0.2) is 0 Å². The number of carbonyl (C=O) groups excluding carboxylic acids is 1. The van der Waals surface area contributed by atoms with Gasteiger partial charge in [-0.05, 0) is 18.6 Å². The van der Waals surface area contributed by atoms with Crippen LogP contribution in [0.4, 0.5) is 5.69 Å². The number of carbonyl (C=O) groups is 1. The lowest BCUT2D eigenvalue weighted by atomic mass is 10.2. The molecule has 0 unspecified atom stereocenters. The van der Waals surface area contributed by atoms with E-state index in [4.69, 9.17) is 4.74 Å². The molecular formula is C13H19NO2. The van der Waals surface area contributed by atoms with Crippen molar-refractivity contribution in [2.75, 3.05) is 19.0 Å². The molecule has 16 heavy (non-hydrogen) atoms. The number of anilines is 1. The Morgan fingerprint density at radius 3 is 2.94 bits per heavy atom. The van der Waals surface area contributed by atoms with Crippen LogP contribution in [0.5, 0.6) is 5.75 Å². The lowest BCUT2D eigenvalue weighted by molar-refractivity contribution is -0.118. The molecule has 0 heterocycles. The van der Waals surface area contributed by atoms with E-state index in [1.54, 1.807) is 7.11 Å². The summed E-state index contributed by atoms with van der Waals surface area (Å²) in [6.07, 6.45) is 2.18. The van der Waals surface area contributed by atoms with Crippen LogP contribution >= 0.6 is 0 Å². The zero-order valence-electron chi connectivity index (χ0n) is 9.95. The van der Waals surface area contributed by atoms with Gasteiger partial charge in [0.1, 0.15) is 11.5 Å². The molecule has 0 radical (unpaired) electrons. The van der Waals surface area contributed by atoms with E-state index in [2.05, 4.69) is 5.32 Å². The molecule has 1 aromatic rings. The Labute approximate surface area is 96.8 Å². The lowest BCUT2D eigenvalue weighted by Gasteiger charge is -2.07. The molecule has 0 aliphatic heterocycles. The Hall–Kier alpha value is -1.51. The van der Waals surface area contributed by atoms with Gasteiger partial charge in [0.05, 0.1) is 7.11 Å². The third-order valence-corrected chi connectivity index (χ3v) is 2.43. The highest BCUT2D eigenvalue weighted by Crippen LogP contribution is 2.16.